The van der Waals surface area contributed by atoms with Crippen LogP contribution in [-0.4, -0.2) is 9.78 Å². The summed E-state index contributed by atoms with van der Waals surface area (Å²) in [5.74, 6) is 0. The van der Waals surface area contributed by atoms with Crippen molar-refractivity contribution in [3.05, 3.63) is 71.5 Å². The van der Waals surface area contributed by atoms with Crippen LogP contribution in [0.4, 0.5) is 0 Å². The highest BCUT2D eigenvalue weighted by Crippen LogP contribution is 2.29. The summed E-state index contributed by atoms with van der Waals surface area (Å²) in [5, 5.41) is 4.43. The molecule has 3 heteroatoms. The minimum atomic E-state index is 0.972. The van der Waals surface area contributed by atoms with Gasteiger partial charge in [-0.2, -0.15) is 5.10 Å². The van der Waals surface area contributed by atoms with Gasteiger partial charge in [0.1, 0.15) is 4.60 Å². The number of aromatic nitrogens is 2. The van der Waals surface area contributed by atoms with Gasteiger partial charge in [-0.3, -0.25) is 0 Å². The fourth-order valence-electron chi connectivity index (χ4n) is 1.89. The summed E-state index contributed by atoms with van der Waals surface area (Å²) < 4.78 is 2.86. The van der Waals surface area contributed by atoms with E-state index in [-0.39, 0.29) is 0 Å². The van der Waals surface area contributed by atoms with E-state index in [9.17, 15) is 0 Å². The van der Waals surface area contributed by atoms with Crippen LogP contribution in [0, 0.1) is 0 Å². The van der Waals surface area contributed by atoms with Crippen LogP contribution < -0.4 is 0 Å². The zero-order valence-electron chi connectivity index (χ0n) is 9.62. The number of rotatable bonds is 2. The Morgan fingerprint density at radius 3 is 2.11 bits per heavy atom. The molecule has 0 N–H and O–H groups in total. The Balaban J connectivity index is 2.09. The number of benzene rings is 2. The van der Waals surface area contributed by atoms with Crippen LogP contribution in [0.25, 0.3) is 16.8 Å². The van der Waals surface area contributed by atoms with Crippen molar-refractivity contribution in [2.45, 2.75) is 0 Å². The van der Waals surface area contributed by atoms with E-state index in [1.54, 1.807) is 0 Å². The lowest BCUT2D eigenvalue weighted by molar-refractivity contribution is 0.861. The van der Waals surface area contributed by atoms with Crippen molar-refractivity contribution in [3.8, 4) is 16.8 Å². The molecule has 0 fully saturated rings. The lowest BCUT2D eigenvalue weighted by Crippen LogP contribution is -1.95. The average molecular weight is 299 g/mol. The Morgan fingerprint density at radius 2 is 1.44 bits per heavy atom. The molecule has 0 aliphatic carbocycles. The first kappa shape index (κ1) is 11.2. The third kappa shape index (κ3) is 1.97. The normalized spacial score (nSPS) is 10.5. The Morgan fingerprint density at radius 1 is 0.833 bits per heavy atom. The first-order valence-corrected chi connectivity index (χ1v) is 6.50. The second-order valence-electron chi connectivity index (χ2n) is 3.96. The van der Waals surface area contributed by atoms with Crippen molar-refractivity contribution in [2.24, 2.45) is 0 Å². The van der Waals surface area contributed by atoms with Crippen molar-refractivity contribution in [3.63, 3.8) is 0 Å². The van der Waals surface area contributed by atoms with Gasteiger partial charge in [-0.05, 0) is 33.6 Å². The first-order valence-electron chi connectivity index (χ1n) is 5.70. The van der Waals surface area contributed by atoms with E-state index >= 15 is 0 Å². The van der Waals surface area contributed by atoms with Crippen LogP contribution in [0.15, 0.2) is 71.5 Å². The van der Waals surface area contributed by atoms with Crippen LogP contribution >= 0.6 is 15.9 Å². The molecule has 0 spiro atoms. The molecule has 0 atom stereocenters. The lowest BCUT2D eigenvalue weighted by atomic mass is 10.1. The Labute approximate surface area is 114 Å². The number of nitrogens with zero attached hydrogens (tertiary/aromatic N) is 2. The molecule has 0 bridgehead atoms. The standard InChI is InChI=1S/C15H11BrN2/c16-15-14(12-7-3-1-4-8-12)11-17-18(15)13-9-5-2-6-10-13/h1-11H. The maximum absolute atomic E-state index is 4.43. The Hall–Kier alpha value is -1.87. The highest BCUT2D eigenvalue weighted by atomic mass is 79.9. The van der Waals surface area contributed by atoms with Crippen LogP contribution in [0.2, 0.25) is 0 Å². The first-order chi connectivity index (χ1) is 8.86. The topological polar surface area (TPSA) is 17.8 Å². The largest absolute Gasteiger partial charge is 0.226 e. The molecule has 0 aliphatic heterocycles. The zero-order chi connectivity index (χ0) is 12.4. The summed E-state index contributed by atoms with van der Waals surface area (Å²) in [6.07, 6.45) is 1.88. The van der Waals surface area contributed by atoms with Crippen molar-refractivity contribution in [1.29, 1.82) is 0 Å². The van der Waals surface area contributed by atoms with Crippen molar-refractivity contribution < 1.29 is 0 Å². The summed E-state index contributed by atoms with van der Waals surface area (Å²) in [6.45, 7) is 0. The Kier molecular flexibility index (Phi) is 2.99. The number of halogens is 1. The molecule has 0 amide bonds. The molecule has 0 saturated heterocycles. The molecule has 0 saturated carbocycles. The highest BCUT2D eigenvalue weighted by Gasteiger charge is 2.10. The smallest absolute Gasteiger partial charge is 0.117 e. The summed E-state index contributed by atoms with van der Waals surface area (Å²) in [6, 6.07) is 20.3. The van der Waals surface area contributed by atoms with Gasteiger partial charge in [0.25, 0.3) is 0 Å². The third-order valence-corrected chi connectivity index (χ3v) is 3.56. The highest BCUT2D eigenvalue weighted by molar-refractivity contribution is 9.10. The number of para-hydroxylation sites is 1. The summed E-state index contributed by atoms with van der Waals surface area (Å²) in [5.41, 5.74) is 3.30. The van der Waals surface area contributed by atoms with E-state index in [1.807, 2.05) is 59.4 Å². The van der Waals surface area contributed by atoms with Gasteiger partial charge in [0.2, 0.25) is 0 Å². The molecule has 2 aromatic carbocycles. The SMILES string of the molecule is Brc1c(-c2ccccc2)cnn1-c1ccccc1. The van der Waals surface area contributed by atoms with E-state index in [0.717, 1.165) is 21.4 Å². The van der Waals surface area contributed by atoms with Gasteiger partial charge in [-0.1, -0.05) is 48.5 Å². The molecular weight excluding hydrogens is 288 g/mol. The predicted octanol–water partition coefficient (Wildman–Crippen LogP) is 4.30. The maximum Gasteiger partial charge on any atom is 0.117 e. The molecule has 3 rings (SSSR count). The molecule has 18 heavy (non-hydrogen) atoms. The van der Waals surface area contributed by atoms with Gasteiger partial charge < -0.3 is 0 Å². The average Bonchev–Trinajstić information content (AvgIpc) is 2.83. The van der Waals surface area contributed by atoms with Gasteiger partial charge >= 0.3 is 0 Å². The number of hydrogen-bond acceptors (Lipinski definition) is 1. The van der Waals surface area contributed by atoms with Crippen molar-refractivity contribution in [2.75, 3.05) is 0 Å². The molecular formula is C15H11BrN2. The van der Waals surface area contributed by atoms with Crippen LogP contribution in [0.3, 0.4) is 0 Å². The molecule has 3 aromatic rings. The minimum absolute atomic E-state index is 0.972. The van der Waals surface area contributed by atoms with Crippen molar-refractivity contribution >= 4 is 15.9 Å². The monoisotopic (exact) mass is 298 g/mol. The van der Waals surface area contributed by atoms with Gasteiger partial charge in [0, 0.05) is 5.56 Å². The van der Waals surface area contributed by atoms with E-state index < -0.39 is 0 Å². The Bertz CT molecular complexity index is 588. The zero-order valence-corrected chi connectivity index (χ0v) is 11.2. The predicted molar refractivity (Wildman–Crippen MR) is 76.7 cm³/mol. The fraction of sp³-hybridized carbons (Fsp3) is 0. The third-order valence-electron chi connectivity index (χ3n) is 2.80. The molecule has 1 aromatic heterocycles. The van der Waals surface area contributed by atoms with E-state index in [1.165, 1.54) is 0 Å². The van der Waals surface area contributed by atoms with Crippen LogP contribution in [0.1, 0.15) is 0 Å². The van der Waals surface area contributed by atoms with Gasteiger partial charge in [-0.25, -0.2) is 4.68 Å². The summed E-state index contributed by atoms with van der Waals surface area (Å²) >= 11 is 3.63. The van der Waals surface area contributed by atoms with Gasteiger partial charge in [-0.15, -0.1) is 0 Å². The number of hydrogen-bond donors (Lipinski definition) is 0. The van der Waals surface area contributed by atoms with Gasteiger partial charge in [0.05, 0.1) is 11.9 Å². The van der Waals surface area contributed by atoms with E-state index in [0.29, 0.717) is 0 Å². The molecule has 0 aliphatic rings. The molecule has 0 radical (unpaired) electrons. The molecule has 1 heterocycles. The van der Waals surface area contributed by atoms with Crippen molar-refractivity contribution in [1.82, 2.24) is 9.78 Å². The lowest BCUT2D eigenvalue weighted by Gasteiger charge is -2.03. The van der Waals surface area contributed by atoms with Crippen LogP contribution in [0.5, 0.6) is 0 Å². The maximum atomic E-state index is 4.43. The summed E-state index contributed by atoms with van der Waals surface area (Å²) in [7, 11) is 0. The van der Waals surface area contributed by atoms with E-state index in [4.69, 9.17) is 0 Å². The molecule has 2 nitrogen and oxygen atoms in total. The second kappa shape index (κ2) is 4.78. The summed E-state index contributed by atoms with van der Waals surface area (Å²) in [4.78, 5) is 0. The molecule has 0 unspecified atom stereocenters. The van der Waals surface area contributed by atoms with E-state index in [2.05, 4.69) is 33.2 Å². The fourth-order valence-corrected chi connectivity index (χ4v) is 2.52. The second-order valence-corrected chi connectivity index (χ2v) is 4.71. The van der Waals surface area contributed by atoms with Gasteiger partial charge in [0.15, 0.2) is 0 Å². The molecule has 88 valence electrons. The minimum Gasteiger partial charge on any atom is -0.226 e. The van der Waals surface area contributed by atoms with Crippen LogP contribution in [-0.2, 0) is 0 Å². The quantitative estimate of drug-likeness (QED) is 0.690.